The second-order valence-corrected chi connectivity index (χ2v) is 8.18. The minimum atomic E-state index is -3.62. The lowest BCUT2D eigenvalue weighted by Gasteiger charge is -2.30. The monoisotopic (exact) mass is 375 g/mol. The maximum absolute atomic E-state index is 12.7. The Hall–Kier alpha value is -2.41. The fourth-order valence-corrected chi connectivity index (χ4v) is 3.93. The summed E-state index contributed by atoms with van der Waals surface area (Å²) < 4.78 is 26.1. The van der Waals surface area contributed by atoms with E-state index in [1.54, 1.807) is 43.6 Å². The Balaban J connectivity index is 2.29. The highest BCUT2D eigenvalue weighted by atomic mass is 32.2. The second-order valence-electron chi connectivity index (χ2n) is 6.32. The number of rotatable bonds is 7. The Labute approximate surface area is 155 Å². The molecule has 1 heterocycles. The van der Waals surface area contributed by atoms with Crippen LogP contribution < -0.4 is 9.62 Å². The van der Waals surface area contributed by atoms with Crippen LogP contribution in [0.4, 0.5) is 5.69 Å². The van der Waals surface area contributed by atoms with Gasteiger partial charge in [-0.3, -0.25) is 14.1 Å². The SMILES string of the molecule is CCC(C(=O)NCc1ccncc1)N(c1ccc(C)c(C)c1)S(C)(=O)=O. The zero-order chi connectivity index (χ0) is 19.3. The van der Waals surface area contributed by atoms with Crippen LogP contribution in [0.25, 0.3) is 0 Å². The molecule has 0 aliphatic rings. The molecule has 1 atom stereocenters. The third kappa shape index (κ3) is 4.82. The predicted octanol–water partition coefficient (Wildman–Crippen LogP) is 2.56. The number of benzene rings is 1. The summed E-state index contributed by atoms with van der Waals surface area (Å²) in [5.41, 5.74) is 3.45. The van der Waals surface area contributed by atoms with Gasteiger partial charge in [0.05, 0.1) is 11.9 Å². The molecule has 0 bridgehead atoms. The van der Waals surface area contributed by atoms with E-state index in [9.17, 15) is 13.2 Å². The van der Waals surface area contributed by atoms with Gasteiger partial charge in [0.1, 0.15) is 6.04 Å². The number of anilines is 1. The quantitative estimate of drug-likeness (QED) is 0.807. The maximum atomic E-state index is 12.7. The number of nitrogens with zero attached hydrogens (tertiary/aromatic N) is 2. The molecule has 140 valence electrons. The van der Waals surface area contributed by atoms with Gasteiger partial charge in [0, 0.05) is 18.9 Å². The van der Waals surface area contributed by atoms with E-state index in [0.29, 0.717) is 18.7 Å². The van der Waals surface area contributed by atoms with Crippen LogP contribution >= 0.6 is 0 Å². The molecule has 0 aliphatic heterocycles. The summed E-state index contributed by atoms with van der Waals surface area (Å²) in [6.07, 6.45) is 4.79. The average Bonchev–Trinajstić information content (AvgIpc) is 2.60. The van der Waals surface area contributed by atoms with Gasteiger partial charge in [0.2, 0.25) is 15.9 Å². The number of hydrogen-bond acceptors (Lipinski definition) is 4. The van der Waals surface area contributed by atoms with Crippen LogP contribution in [0.15, 0.2) is 42.7 Å². The first kappa shape index (κ1) is 19.9. The molecule has 0 aliphatic carbocycles. The van der Waals surface area contributed by atoms with Crippen molar-refractivity contribution in [2.24, 2.45) is 0 Å². The molecule has 1 N–H and O–H groups in total. The van der Waals surface area contributed by atoms with Gasteiger partial charge in [-0.2, -0.15) is 0 Å². The van der Waals surface area contributed by atoms with Crippen LogP contribution in [0, 0.1) is 13.8 Å². The van der Waals surface area contributed by atoms with Gasteiger partial charge < -0.3 is 5.32 Å². The lowest BCUT2D eigenvalue weighted by atomic mass is 10.1. The normalized spacial score (nSPS) is 12.5. The van der Waals surface area contributed by atoms with Gasteiger partial charge >= 0.3 is 0 Å². The summed E-state index contributed by atoms with van der Waals surface area (Å²) >= 11 is 0. The van der Waals surface area contributed by atoms with Crippen LogP contribution in [0.1, 0.15) is 30.0 Å². The number of carbonyl (C=O) groups excluding carboxylic acids is 1. The van der Waals surface area contributed by atoms with Gasteiger partial charge in [0.15, 0.2) is 0 Å². The van der Waals surface area contributed by atoms with Crippen molar-refractivity contribution in [2.75, 3.05) is 10.6 Å². The van der Waals surface area contributed by atoms with Crippen molar-refractivity contribution in [3.05, 3.63) is 59.4 Å². The minimum Gasteiger partial charge on any atom is -0.350 e. The fraction of sp³-hybridized carbons (Fsp3) is 0.368. The van der Waals surface area contributed by atoms with E-state index < -0.39 is 16.1 Å². The Kier molecular flexibility index (Phi) is 6.37. The molecule has 0 saturated carbocycles. The van der Waals surface area contributed by atoms with E-state index in [4.69, 9.17) is 0 Å². The van der Waals surface area contributed by atoms with E-state index >= 15 is 0 Å². The molecule has 0 fully saturated rings. The lowest BCUT2D eigenvalue weighted by Crippen LogP contribution is -2.49. The summed E-state index contributed by atoms with van der Waals surface area (Å²) in [6, 6.07) is 8.20. The third-order valence-corrected chi connectivity index (χ3v) is 5.47. The Bertz CT molecular complexity index is 867. The molecule has 2 aromatic rings. The molecule has 26 heavy (non-hydrogen) atoms. The highest BCUT2D eigenvalue weighted by Crippen LogP contribution is 2.25. The van der Waals surface area contributed by atoms with E-state index in [-0.39, 0.29) is 5.91 Å². The number of sulfonamides is 1. The van der Waals surface area contributed by atoms with Crippen molar-refractivity contribution in [3.8, 4) is 0 Å². The van der Waals surface area contributed by atoms with Gasteiger partial charge in [-0.05, 0) is 61.2 Å². The Morgan fingerprint density at radius 3 is 2.35 bits per heavy atom. The summed E-state index contributed by atoms with van der Waals surface area (Å²) in [5, 5.41) is 2.83. The standard InChI is InChI=1S/C19H25N3O3S/c1-5-18(19(23)21-13-16-8-10-20-11-9-16)22(26(4,24)25)17-7-6-14(2)15(3)12-17/h6-12,18H,5,13H2,1-4H3,(H,21,23). The average molecular weight is 375 g/mol. The number of nitrogens with one attached hydrogen (secondary N) is 1. The number of carbonyl (C=O) groups is 1. The molecule has 1 aromatic carbocycles. The number of aromatic nitrogens is 1. The van der Waals surface area contributed by atoms with Crippen molar-refractivity contribution < 1.29 is 13.2 Å². The number of hydrogen-bond donors (Lipinski definition) is 1. The molecule has 0 saturated heterocycles. The number of amides is 1. The molecule has 1 unspecified atom stereocenters. The van der Waals surface area contributed by atoms with E-state index in [0.717, 1.165) is 22.9 Å². The zero-order valence-corrected chi connectivity index (χ0v) is 16.4. The summed E-state index contributed by atoms with van der Waals surface area (Å²) in [7, 11) is -3.62. The van der Waals surface area contributed by atoms with Crippen molar-refractivity contribution in [3.63, 3.8) is 0 Å². The molecular weight excluding hydrogens is 350 g/mol. The summed E-state index contributed by atoms with van der Waals surface area (Å²) in [4.78, 5) is 16.7. The first-order chi connectivity index (χ1) is 12.2. The van der Waals surface area contributed by atoms with Crippen LogP contribution in [-0.2, 0) is 21.4 Å². The summed E-state index contributed by atoms with van der Waals surface area (Å²) in [5.74, 6) is -0.326. The first-order valence-corrected chi connectivity index (χ1v) is 10.3. The van der Waals surface area contributed by atoms with Gasteiger partial charge in [0.25, 0.3) is 0 Å². The van der Waals surface area contributed by atoms with Crippen LogP contribution in [0.3, 0.4) is 0 Å². The van der Waals surface area contributed by atoms with Crippen molar-refractivity contribution >= 4 is 21.6 Å². The molecule has 2 rings (SSSR count). The van der Waals surface area contributed by atoms with Gasteiger partial charge in [-0.1, -0.05) is 13.0 Å². The largest absolute Gasteiger partial charge is 0.350 e. The maximum Gasteiger partial charge on any atom is 0.244 e. The lowest BCUT2D eigenvalue weighted by molar-refractivity contribution is -0.122. The summed E-state index contributed by atoms with van der Waals surface area (Å²) in [6.45, 7) is 6.00. The van der Waals surface area contributed by atoms with E-state index in [1.165, 1.54) is 4.31 Å². The molecule has 1 amide bonds. The highest BCUT2D eigenvalue weighted by Gasteiger charge is 2.31. The smallest absolute Gasteiger partial charge is 0.244 e. The highest BCUT2D eigenvalue weighted by molar-refractivity contribution is 7.92. The minimum absolute atomic E-state index is 0.322. The number of pyridine rings is 1. The molecule has 1 aromatic heterocycles. The predicted molar refractivity (Wildman–Crippen MR) is 103 cm³/mol. The van der Waals surface area contributed by atoms with Crippen molar-refractivity contribution in [1.29, 1.82) is 0 Å². The number of aryl methyl sites for hydroxylation is 2. The Morgan fingerprint density at radius 1 is 1.15 bits per heavy atom. The van der Waals surface area contributed by atoms with Crippen LogP contribution in [0.2, 0.25) is 0 Å². The second kappa shape index (κ2) is 8.31. The molecule has 0 spiro atoms. The van der Waals surface area contributed by atoms with Crippen LogP contribution in [0.5, 0.6) is 0 Å². The van der Waals surface area contributed by atoms with E-state index in [1.807, 2.05) is 19.9 Å². The van der Waals surface area contributed by atoms with Gasteiger partial charge in [-0.15, -0.1) is 0 Å². The van der Waals surface area contributed by atoms with Crippen LogP contribution in [-0.4, -0.2) is 31.6 Å². The van der Waals surface area contributed by atoms with Crippen molar-refractivity contribution in [2.45, 2.75) is 39.8 Å². The molecule has 0 radical (unpaired) electrons. The first-order valence-electron chi connectivity index (χ1n) is 8.47. The van der Waals surface area contributed by atoms with Crippen molar-refractivity contribution in [1.82, 2.24) is 10.3 Å². The van der Waals surface area contributed by atoms with Gasteiger partial charge in [-0.25, -0.2) is 8.42 Å². The zero-order valence-electron chi connectivity index (χ0n) is 15.6. The molecular formula is C19H25N3O3S. The molecule has 6 nitrogen and oxygen atoms in total. The molecule has 7 heteroatoms. The topological polar surface area (TPSA) is 79.4 Å². The fourth-order valence-electron chi connectivity index (χ4n) is 2.73. The Morgan fingerprint density at radius 2 is 1.81 bits per heavy atom. The third-order valence-electron chi connectivity index (χ3n) is 4.29. The van der Waals surface area contributed by atoms with E-state index in [2.05, 4.69) is 10.3 Å².